The van der Waals surface area contributed by atoms with Crippen LogP contribution in [-0.2, 0) is 29.5 Å². The molecule has 1 saturated heterocycles. The number of aryl methyl sites for hydroxylation is 1. The number of carbonyl (C=O) groups excluding carboxylic acids is 2. The Bertz CT molecular complexity index is 1370. The second-order valence-electron chi connectivity index (χ2n) is 11.1. The highest BCUT2D eigenvalue weighted by molar-refractivity contribution is 5.89. The van der Waals surface area contributed by atoms with Crippen LogP contribution in [0.2, 0.25) is 0 Å². The van der Waals surface area contributed by atoms with E-state index < -0.39 is 17.7 Å². The first-order valence-electron chi connectivity index (χ1n) is 12.6. The van der Waals surface area contributed by atoms with E-state index in [1.54, 1.807) is 32.9 Å². The number of fused-ring (bicyclic) bond motifs is 5. The van der Waals surface area contributed by atoms with Crippen molar-refractivity contribution in [3.8, 4) is 0 Å². The number of benzene rings is 1. The monoisotopic (exact) mass is 490 g/mol. The van der Waals surface area contributed by atoms with Crippen LogP contribution >= 0.6 is 0 Å². The van der Waals surface area contributed by atoms with Gasteiger partial charge in [0.15, 0.2) is 0 Å². The van der Waals surface area contributed by atoms with E-state index in [0.717, 1.165) is 28.6 Å². The number of carbonyl (C=O) groups is 2. The molecule has 0 unspecified atom stereocenters. The quantitative estimate of drug-likeness (QED) is 0.607. The fourth-order valence-electron chi connectivity index (χ4n) is 5.75. The van der Waals surface area contributed by atoms with Gasteiger partial charge in [-0.05, 0) is 50.8 Å². The second kappa shape index (κ2) is 9.15. The molecule has 2 aliphatic heterocycles. The number of pyridine rings is 1. The van der Waals surface area contributed by atoms with Crippen molar-refractivity contribution in [1.29, 1.82) is 0 Å². The lowest BCUT2D eigenvalue weighted by Crippen LogP contribution is -2.55. The van der Waals surface area contributed by atoms with E-state index >= 15 is 0 Å². The van der Waals surface area contributed by atoms with Crippen molar-refractivity contribution in [2.45, 2.75) is 57.7 Å². The average Bonchev–Trinajstić information content (AvgIpc) is 3.13. The van der Waals surface area contributed by atoms with Crippen LogP contribution in [0.3, 0.4) is 0 Å². The van der Waals surface area contributed by atoms with Gasteiger partial charge in [-0.25, -0.2) is 4.79 Å². The largest absolute Gasteiger partial charge is 0.444 e. The zero-order chi connectivity index (χ0) is 25.6. The van der Waals surface area contributed by atoms with Crippen LogP contribution in [0.5, 0.6) is 0 Å². The Morgan fingerprint density at radius 1 is 1.08 bits per heavy atom. The molecule has 2 bridgehead atoms. The van der Waals surface area contributed by atoms with Crippen LogP contribution < -0.4 is 10.9 Å². The Morgan fingerprint density at radius 2 is 1.86 bits per heavy atom. The first-order chi connectivity index (χ1) is 17.1. The summed E-state index contributed by atoms with van der Waals surface area (Å²) in [6.07, 6.45) is 2.74. The summed E-state index contributed by atoms with van der Waals surface area (Å²) >= 11 is 0. The molecule has 190 valence electrons. The molecule has 5 rings (SSSR count). The summed E-state index contributed by atoms with van der Waals surface area (Å²) in [6, 6.07) is 12.7. The van der Waals surface area contributed by atoms with E-state index in [4.69, 9.17) is 4.74 Å². The summed E-state index contributed by atoms with van der Waals surface area (Å²) in [5.41, 5.74) is 2.41. The highest BCUT2D eigenvalue weighted by Gasteiger charge is 2.39. The van der Waals surface area contributed by atoms with Gasteiger partial charge in [-0.15, -0.1) is 0 Å². The van der Waals surface area contributed by atoms with E-state index in [0.29, 0.717) is 26.1 Å². The van der Waals surface area contributed by atoms with Crippen molar-refractivity contribution < 1.29 is 14.3 Å². The molecule has 3 aromatic rings. The maximum atomic E-state index is 13.9. The number of nitrogens with one attached hydrogen (secondary N) is 1. The van der Waals surface area contributed by atoms with Crippen LogP contribution in [0.1, 0.15) is 44.4 Å². The van der Waals surface area contributed by atoms with Crippen molar-refractivity contribution >= 4 is 22.9 Å². The predicted octanol–water partition coefficient (Wildman–Crippen LogP) is 3.42. The van der Waals surface area contributed by atoms with Gasteiger partial charge >= 0.3 is 6.09 Å². The van der Waals surface area contributed by atoms with Crippen LogP contribution in [0.15, 0.2) is 53.5 Å². The SMILES string of the molecule is Cn1cc(C[C@H](NC(=O)OC(C)(C)C)C(=O)N2C[C@H]3C[C@@H](C2)c2cccc(=O)n2C3)c2ccccc21. The van der Waals surface area contributed by atoms with E-state index in [9.17, 15) is 14.4 Å². The van der Waals surface area contributed by atoms with E-state index in [2.05, 4.69) is 5.32 Å². The lowest BCUT2D eigenvalue weighted by atomic mass is 9.83. The summed E-state index contributed by atoms with van der Waals surface area (Å²) in [7, 11) is 1.98. The van der Waals surface area contributed by atoms with E-state index in [-0.39, 0.29) is 23.3 Å². The third-order valence-corrected chi connectivity index (χ3v) is 7.18. The number of hydrogen-bond acceptors (Lipinski definition) is 4. The molecule has 8 heteroatoms. The first kappa shape index (κ1) is 24.2. The molecule has 1 fully saturated rings. The summed E-state index contributed by atoms with van der Waals surface area (Å²) < 4.78 is 9.40. The van der Waals surface area contributed by atoms with Crippen molar-refractivity contribution in [3.05, 3.63) is 70.3 Å². The fraction of sp³-hybridized carbons (Fsp3) is 0.464. The van der Waals surface area contributed by atoms with Crippen LogP contribution in [0, 0.1) is 5.92 Å². The van der Waals surface area contributed by atoms with Crippen LogP contribution in [-0.4, -0.2) is 50.8 Å². The Morgan fingerprint density at radius 3 is 2.64 bits per heavy atom. The first-order valence-corrected chi connectivity index (χ1v) is 12.6. The number of nitrogens with zero attached hydrogens (tertiary/aromatic N) is 3. The van der Waals surface area contributed by atoms with Gasteiger partial charge in [0.05, 0.1) is 0 Å². The maximum Gasteiger partial charge on any atom is 0.408 e. The predicted molar refractivity (Wildman–Crippen MR) is 138 cm³/mol. The fourth-order valence-corrected chi connectivity index (χ4v) is 5.75. The van der Waals surface area contributed by atoms with Gasteiger partial charge in [0.1, 0.15) is 11.6 Å². The summed E-state index contributed by atoms with van der Waals surface area (Å²) in [5, 5.41) is 3.93. The number of alkyl carbamates (subject to hydrolysis) is 1. The molecule has 8 nitrogen and oxygen atoms in total. The molecule has 1 aromatic carbocycles. The van der Waals surface area contributed by atoms with Gasteiger partial charge in [0, 0.05) is 67.9 Å². The minimum atomic E-state index is -0.762. The number of ether oxygens (including phenoxy) is 1. The summed E-state index contributed by atoms with van der Waals surface area (Å²) in [5.74, 6) is 0.199. The maximum absolute atomic E-state index is 13.9. The number of aromatic nitrogens is 2. The van der Waals surface area contributed by atoms with Gasteiger partial charge in [0.25, 0.3) is 5.56 Å². The Labute approximate surface area is 210 Å². The third-order valence-electron chi connectivity index (χ3n) is 7.18. The normalized spacial score (nSPS) is 20.1. The number of piperidine rings is 1. The minimum absolute atomic E-state index is 0.0161. The van der Waals surface area contributed by atoms with E-state index in [1.807, 2.05) is 57.6 Å². The molecule has 0 aliphatic carbocycles. The molecule has 2 aliphatic rings. The Hall–Kier alpha value is -3.55. The molecule has 0 saturated carbocycles. The molecule has 1 N–H and O–H groups in total. The van der Waals surface area contributed by atoms with E-state index in [1.165, 1.54) is 0 Å². The van der Waals surface area contributed by atoms with Gasteiger partial charge in [0.2, 0.25) is 5.91 Å². The standard InChI is InChI=1S/C28H34N4O4/c1-28(2,3)36-27(35)29-22(13-19-16-30(4)24-9-6-5-8-21(19)24)26(34)31-14-18-12-20(17-31)23-10-7-11-25(33)32(23)15-18/h5-11,16,18,20,22H,12-15,17H2,1-4H3,(H,29,35)/t18-,20+,22+/m1/s1. The van der Waals surface area contributed by atoms with Crippen molar-refractivity contribution in [1.82, 2.24) is 19.4 Å². The van der Waals surface area contributed by atoms with Gasteiger partial charge < -0.3 is 24.1 Å². The molecule has 0 radical (unpaired) electrons. The topological polar surface area (TPSA) is 85.6 Å². The molecular weight excluding hydrogens is 456 g/mol. The number of likely N-dealkylation sites (tertiary alicyclic amines) is 1. The summed E-state index contributed by atoms with van der Waals surface area (Å²) in [6.45, 7) is 7.12. The molecule has 2 aromatic heterocycles. The average molecular weight is 491 g/mol. The number of amides is 2. The Balaban J connectivity index is 1.42. The number of hydrogen-bond donors (Lipinski definition) is 1. The highest BCUT2D eigenvalue weighted by atomic mass is 16.6. The highest BCUT2D eigenvalue weighted by Crippen LogP contribution is 2.35. The Kier molecular flexibility index (Phi) is 6.14. The zero-order valence-corrected chi connectivity index (χ0v) is 21.4. The minimum Gasteiger partial charge on any atom is -0.444 e. The zero-order valence-electron chi connectivity index (χ0n) is 21.4. The second-order valence-corrected chi connectivity index (χ2v) is 11.1. The van der Waals surface area contributed by atoms with Gasteiger partial charge in [-0.2, -0.15) is 0 Å². The van der Waals surface area contributed by atoms with Crippen LogP contribution in [0.25, 0.3) is 10.9 Å². The van der Waals surface area contributed by atoms with Crippen LogP contribution in [0.4, 0.5) is 4.79 Å². The van der Waals surface area contributed by atoms with Crippen molar-refractivity contribution in [3.63, 3.8) is 0 Å². The molecular formula is C28H34N4O4. The molecule has 0 spiro atoms. The molecule has 2 amide bonds. The number of rotatable bonds is 4. The molecule has 36 heavy (non-hydrogen) atoms. The van der Waals surface area contributed by atoms with Gasteiger partial charge in [-0.1, -0.05) is 24.3 Å². The van der Waals surface area contributed by atoms with Crippen molar-refractivity contribution in [2.24, 2.45) is 13.0 Å². The summed E-state index contributed by atoms with van der Waals surface area (Å²) in [4.78, 5) is 41.0. The van der Waals surface area contributed by atoms with Crippen molar-refractivity contribution in [2.75, 3.05) is 13.1 Å². The molecule has 3 atom stereocenters. The lowest BCUT2D eigenvalue weighted by Gasteiger charge is -2.43. The number of para-hydroxylation sites is 1. The third kappa shape index (κ3) is 4.76. The lowest BCUT2D eigenvalue weighted by molar-refractivity contribution is -0.136. The molecule has 4 heterocycles. The van der Waals surface area contributed by atoms with Gasteiger partial charge in [-0.3, -0.25) is 9.59 Å². The smallest absolute Gasteiger partial charge is 0.408 e.